The van der Waals surface area contributed by atoms with Crippen LogP contribution in [0.1, 0.15) is 97.3 Å². The molecule has 0 radical (unpaired) electrons. The molecule has 170 valence electrons. The van der Waals surface area contributed by atoms with Crippen molar-refractivity contribution in [3.63, 3.8) is 0 Å². The average Bonchev–Trinajstić information content (AvgIpc) is 2.70. The lowest BCUT2D eigenvalue weighted by molar-refractivity contribution is -0.162. The zero-order valence-corrected chi connectivity index (χ0v) is 18.4. The fourth-order valence-electron chi connectivity index (χ4n) is 3.09. The second kappa shape index (κ2) is 18.8. The Hall–Kier alpha value is -1.24. The van der Waals surface area contributed by atoms with Crippen LogP contribution in [-0.2, 0) is 14.3 Å². The normalized spacial score (nSPS) is 14.7. The number of carbonyl (C=O) groups is 2. The number of ether oxygens (including phenoxy) is 1. The van der Waals surface area contributed by atoms with Gasteiger partial charge in [-0.05, 0) is 39.0 Å². The van der Waals surface area contributed by atoms with E-state index in [1.807, 2.05) is 0 Å². The van der Waals surface area contributed by atoms with Gasteiger partial charge in [0.15, 0.2) is 11.9 Å². The third kappa shape index (κ3) is 16.3. The van der Waals surface area contributed by atoms with E-state index in [2.05, 4.69) is 19.1 Å². The molecule has 0 fully saturated rings. The number of hydrogen-bond donors (Lipinski definition) is 3. The smallest absolute Gasteiger partial charge is 0.306 e. The van der Waals surface area contributed by atoms with E-state index in [-0.39, 0.29) is 12.5 Å². The minimum absolute atomic E-state index is 0.206. The van der Waals surface area contributed by atoms with Crippen molar-refractivity contribution in [1.82, 2.24) is 0 Å². The van der Waals surface area contributed by atoms with E-state index < -0.39 is 30.6 Å². The van der Waals surface area contributed by atoms with E-state index >= 15 is 0 Å². The minimum Gasteiger partial charge on any atom is -0.451 e. The molecule has 29 heavy (non-hydrogen) atoms. The Morgan fingerprint density at radius 2 is 1.59 bits per heavy atom. The molecule has 0 aromatic heterocycles. The number of aliphatic hydroxyl groups is 3. The maximum Gasteiger partial charge on any atom is 0.306 e. The summed E-state index contributed by atoms with van der Waals surface area (Å²) in [6.45, 7) is 2.79. The first-order valence-electron chi connectivity index (χ1n) is 11.2. The van der Waals surface area contributed by atoms with Crippen LogP contribution in [0.2, 0.25) is 0 Å². The summed E-state index contributed by atoms with van der Waals surface area (Å²) in [5.41, 5.74) is 0. The van der Waals surface area contributed by atoms with E-state index in [0.717, 1.165) is 51.4 Å². The zero-order valence-electron chi connectivity index (χ0n) is 18.4. The van der Waals surface area contributed by atoms with Crippen LogP contribution < -0.4 is 0 Å². The number of Topliss-reactive ketones (excluding diaryl/α,β-unsaturated/α-hetero) is 1. The maximum absolute atomic E-state index is 11.7. The topological polar surface area (TPSA) is 104 Å². The van der Waals surface area contributed by atoms with Gasteiger partial charge in [0.1, 0.15) is 6.10 Å². The molecule has 3 N–H and O–H groups in total. The second-order valence-corrected chi connectivity index (χ2v) is 7.79. The van der Waals surface area contributed by atoms with Gasteiger partial charge in [-0.1, -0.05) is 64.0 Å². The molecule has 0 aliphatic heterocycles. The summed E-state index contributed by atoms with van der Waals surface area (Å²) in [5, 5.41) is 28.3. The molecule has 0 heterocycles. The highest BCUT2D eigenvalue weighted by molar-refractivity contribution is 5.84. The predicted octanol–water partition coefficient (Wildman–Crippen LogP) is 3.85. The summed E-state index contributed by atoms with van der Waals surface area (Å²) < 4.78 is 4.96. The number of aliphatic hydroxyl groups excluding tert-OH is 3. The van der Waals surface area contributed by atoms with E-state index in [9.17, 15) is 19.8 Å². The van der Waals surface area contributed by atoms with Crippen molar-refractivity contribution < 1.29 is 29.6 Å². The SMILES string of the molecule is CCCCCC[C@@H](O)CC=CCCCCCCCC(=O)OC(C(C)=O)C(O)CO. The Morgan fingerprint density at radius 1 is 0.931 bits per heavy atom. The van der Waals surface area contributed by atoms with Gasteiger partial charge in [-0.25, -0.2) is 0 Å². The molecular weight excluding hydrogens is 372 g/mol. The van der Waals surface area contributed by atoms with Crippen LogP contribution in [-0.4, -0.2) is 52.0 Å². The summed E-state index contributed by atoms with van der Waals surface area (Å²) in [6.07, 6.45) is 13.7. The summed E-state index contributed by atoms with van der Waals surface area (Å²) >= 11 is 0. The molecule has 0 aliphatic rings. The van der Waals surface area contributed by atoms with Gasteiger partial charge >= 0.3 is 5.97 Å². The van der Waals surface area contributed by atoms with Gasteiger partial charge in [-0.15, -0.1) is 0 Å². The van der Waals surface area contributed by atoms with Crippen LogP contribution >= 0.6 is 0 Å². The van der Waals surface area contributed by atoms with Gasteiger partial charge in [0.05, 0.1) is 12.7 Å². The second-order valence-electron chi connectivity index (χ2n) is 7.79. The molecule has 6 heteroatoms. The molecule has 0 rings (SSSR count). The summed E-state index contributed by atoms with van der Waals surface area (Å²) in [5.74, 6) is -0.995. The standard InChI is InChI=1S/C23H42O6/c1-3-4-5-12-15-20(26)16-13-10-8-6-7-9-11-14-17-22(28)29-23(19(2)25)21(27)18-24/h10,13,20-21,23-24,26-27H,3-9,11-12,14-18H2,1-2H3/t20-,21?,23?/m1/s1. The van der Waals surface area contributed by atoms with Gasteiger partial charge in [-0.2, -0.15) is 0 Å². The van der Waals surface area contributed by atoms with Crippen molar-refractivity contribution in [2.24, 2.45) is 0 Å². The molecule has 0 bridgehead atoms. The fraction of sp³-hybridized carbons (Fsp3) is 0.826. The van der Waals surface area contributed by atoms with E-state index in [4.69, 9.17) is 9.84 Å². The van der Waals surface area contributed by atoms with Crippen LogP contribution in [0.15, 0.2) is 12.2 Å². The Morgan fingerprint density at radius 3 is 2.24 bits per heavy atom. The van der Waals surface area contributed by atoms with Crippen molar-refractivity contribution in [2.45, 2.75) is 116 Å². The monoisotopic (exact) mass is 414 g/mol. The molecule has 0 aromatic carbocycles. The van der Waals surface area contributed by atoms with Gasteiger partial charge < -0.3 is 20.1 Å². The molecule has 0 saturated carbocycles. The Bertz CT molecular complexity index is 449. The van der Waals surface area contributed by atoms with Crippen LogP contribution in [0.3, 0.4) is 0 Å². The van der Waals surface area contributed by atoms with Crippen molar-refractivity contribution in [3.8, 4) is 0 Å². The molecule has 0 amide bonds. The van der Waals surface area contributed by atoms with Crippen molar-refractivity contribution in [2.75, 3.05) is 6.61 Å². The van der Waals surface area contributed by atoms with Crippen molar-refractivity contribution in [3.05, 3.63) is 12.2 Å². The van der Waals surface area contributed by atoms with Gasteiger partial charge in [0.25, 0.3) is 0 Å². The van der Waals surface area contributed by atoms with Gasteiger partial charge in [0, 0.05) is 6.42 Å². The summed E-state index contributed by atoms with van der Waals surface area (Å²) in [6, 6.07) is 0. The highest BCUT2D eigenvalue weighted by atomic mass is 16.6. The minimum atomic E-state index is -1.37. The van der Waals surface area contributed by atoms with Crippen LogP contribution in [0, 0.1) is 0 Å². The third-order valence-corrected chi connectivity index (χ3v) is 4.91. The molecule has 6 nitrogen and oxygen atoms in total. The first-order chi connectivity index (χ1) is 13.9. The van der Waals surface area contributed by atoms with Crippen molar-refractivity contribution >= 4 is 11.8 Å². The first-order valence-corrected chi connectivity index (χ1v) is 11.2. The number of hydrogen-bond acceptors (Lipinski definition) is 6. The Balaban J connectivity index is 3.63. The third-order valence-electron chi connectivity index (χ3n) is 4.91. The molecular formula is C23H42O6. The number of allylic oxidation sites excluding steroid dienone is 1. The maximum atomic E-state index is 11.7. The van der Waals surface area contributed by atoms with Gasteiger partial charge in [0.2, 0.25) is 0 Å². The number of rotatable bonds is 19. The Kier molecular flexibility index (Phi) is 18.0. The zero-order chi connectivity index (χ0) is 21.9. The highest BCUT2D eigenvalue weighted by Gasteiger charge is 2.26. The van der Waals surface area contributed by atoms with Gasteiger partial charge in [-0.3, -0.25) is 9.59 Å². The molecule has 0 saturated heterocycles. The molecule has 0 aromatic rings. The van der Waals surface area contributed by atoms with E-state index in [1.165, 1.54) is 26.2 Å². The van der Waals surface area contributed by atoms with E-state index in [1.54, 1.807) is 0 Å². The summed E-state index contributed by atoms with van der Waals surface area (Å²) in [7, 11) is 0. The summed E-state index contributed by atoms with van der Waals surface area (Å²) in [4.78, 5) is 23.1. The lowest BCUT2D eigenvalue weighted by atomic mass is 10.1. The number of esters is 1. The highest BCUT2D eigenvalue weighted by Crippen LogP contribution is 2.11. The molecule has 0 aliphatic carbocycles. The molecule has 2 unspecified atom stereocenters. The van der Waals surface area contributed by atoms with Crippen LogP contribution in [0.4, 0.5) is 0 Å². The van der Waals surface area contributed by atoms with E-state index in [0.29, 0.717) is 6.42 Å². The average molecular weight is 415 g/mol. The number of unbranched alkanes of at least 4 members (excludes halogenated alkanes) is 8. The fourth-order valence-corrected chi connectivity index (χ4v) is 3.09. The quantitative estimate of drug-likeness (QED) is 0.168. The lowest BCUT2D eigenvalue weighted by Gasteiger charge is -2.19. The largest absolute Gasteiger partial charge is 0.451 e. The first kappa shape index (κ1) is 27.8. The van der Waals surface area contributed by atoms with Crippen LogP contribution in [0.5, 0.6) is 0 Å². The molecule has 0 spiro atoms. The van der Waals surface area contributed by atoms with Crippen LogP contribution in [0.25, 0.3) is 0 Å². The predicted molar refractivity (Wildman–Crippen MR) is 114 cm³/mol. The molecule has 3 atom stereocenters. The van der Waals surface area contributed by atoms with Crippen molar-refractivity contribution in [1.29, 1.82) is 0 Å². The Labute approximate surface area is 176 Å². The number of carbonyl (C=O) groups excluding carboxylic acids is 2. The lowest BCUT2D eigenvalue weighted by Crippen LogP contribution is -2.39. The number of ketones is 1.